The second-order valence-electron chi connectivity index (χ2n) is 7.55. The average Bonchev–Trinajstić information content (AvgIpc) is 2.62. The first-order valence-electron chi connectivity index (χ1n) is 9.50. The SMILES string of the molecule is CC(C)N1CCC(OC2CCN(c3ccc(C(F)(F)F)nc3)CC2)CC1. The van der Waals surface area contributed by atoms with E-state index >= 15 is 0 Å². The van der Waals surface area contributed by atoms with Crippen LogP contribution in [0.1, 0.15) is 45.2 Å². The van der Waals surface area contributed by atoms with E-state index in [1.807, 2.05) is 0 Å². The number of rotatable bonds is 4. The van der Waals surface area contributed by atoms with Crippen LogP contribution >= 0.6 is 0 Å². The van der Waals surface area contributed by atoms with E-state index in [2.05, 4.69) is 28.6 Å². The van der Waals surface area contributed by atoms with Gasteiger partial charge < -0.3 is 14.5 Å². The standard InChI is InChI=1S/C19H28F3N3O/c1-14(2)24-9-5-16(6-10-24)26-17-7-11-25(12-8-17)15-3-4-18(23-13-15)19(20,21)22/h3-4,13-14,16-17H,5-12H2,1-2H3. The van der Waals surface area contributed by atoms with E-state index in [0.29, 0.717) is 12.1 Å². The molecule has 2 saturated heterocycles. The fourth-order valence-corrected chi connectivity index (χ4v) is 3.79. The molecule has 0 radical (unpaired) electrons. The molecule has 0 spiro atoms. The summed E-state index contributed by atoms with van der Waals surface area (Å²) < 4.78 is 44.1. The molecule has 0 bridgehead atoms. The highest BCUT2D eigenvalue weighted by molar-refractivity contribution is 5.45. The van der Waals surface area contributed by atoms with Crippen LogP contribution in [0.4, 0.5) is 18.9 Å². The molecule has 0 saturated carbocycles. The van der Waals surface area contributed by atoms with Crippen molar-refractivity contribution < 1.29 is 17.9 Å². The number of hydrogen-bond donors (Lipinski definition) is 0. The van der Waals surface area contributed by atoms with E-state index in [1.165, 1.54) is 12.3 Å². The lowest BCUT2D eigenvalue weighted by Crippen LogP contribution is -2.43. The minimum Gasteiger partial charge on any atom is -0.375 e. The Morgan fingerprint density at radius 1 is 1.00 bits per heavy atom. The molecule has 0 N–H and O–H groups in total. The van der Waals surface area contributed by atoms with Gasteiger partial charge in [0, 0.05) is 32.2 Å². The Morgan fingerprint density at radius 3 is 2.04 bits per heavy atom. The third-order valence-corrected chi connectivity index (χ3v) is 5.44. The van der Waals surface area contributed by atoms with E-state index in [9.17, 15) is 13.2 Å². The predicted molar refractivity (Wildman–Crippen MR) is 95.3 cm³/mol. The largest absolute Gasteiger partial charge is 0.433 e. The van der Waals surface area contributed by atoms with Crippen molar-refractivity contribution in [2.75, 3.05) is 31.1 Å². The third-order valence-electron chi connectivity index (χ3n) is 5.44. The van der Waals surface area contributed by atoms with Crippen molar-refractivity contribution in [2.45, 2.75) is 64.0 Å². The fourth-order valence-electron chi connectivity index (χ4n) is 3.79. The van der Waals surface area contributed by atoms with Crippen LogP contribution in [0, 0.1) is 0 Å². The zero-order chi connectivity index (χ0) is 18.7. The molecule has 7 heteroatoms. The number of nitrogens with zero attached hydrogens (tertiary/aromatic N) is 3. The number of hydrogen-bond acceptors (Lipinski definition) is 4. The Hall–Kier alpha value is -1.34. The monoisotopic (exact) mass is 371 g/mol. The summed E-state index contributed by atoms with van der Waals surface area (Å²) in [6.07, 6.45) is 1.52. The van der Waals surface area contributed by atoms with Crippen LogP contribution in [0.2, 0.25) is 0 Å². The maximum Gasteiger partial charge on any atom is 0.433 e. The molecule has 3 rings (SSSR count). The molecule has 4 nitrogen and oxygen atoms in total. The molecule has 3 heterocycles. The smallest absolute Gasteiger partial charge is 0.375 e. The summed E-state index contributed by atoms with van der Waals surface area (Å²) >= 11 is 0. The number of likely N-dealkylation sites (tertiary alicyclic amines) is 1. The molecule has 0 aromatic carbocycles. The van der Waals surface area contributed by atoms with E-state index in [0.717, 1.165) is 63.6 Å². The molecular formula is C19H28F3N3O. The lowest BCUT2D eigenvalue weighted by Gasteiger charge is -2.38. The molecular weight excluding hydrogens is 343 g/mol. The minimum atomic E-state index is -4.38. The molecule has 146 valence electrons. The summed E-state index contributed by atoms with van der Waals surface area (Å²) in [6, 6.07) is 3.16. The molecule has 0 unspecified atom stereocenters. The van der Waals surface area contributed by atoms with Gasteiger partial charge in [-0.25, -0.2) is 4.98 Å². The summed E-state index contributed by atoms with van der Waals surface area (Å²) in [7, 11) is 0. The van der Waals surface area contributed by atoms with Crippen LogP contribution in [-0.4, -0.2) is 54.3 Å². The van der Waals surface area contributed by atoms with Gasteiger partial charge in [0.05, 0.1) is 24.1 Å². The maximum atomic E-state index is 12.6. The number of aromatic nitrogens is 1. The average molecular weight is 371 g/mol. The van der Waals surface area contributed by atoms with Gasteiger partial charge in [-0.05, 0) is 51.7 Å². The lowest BCUT2D eigenvalue weighted by atomic mass is 10.0. The summed E-state index contributed by atoms with van der Waals surface area (Å²) in [5.74, 6) is 0. The number of anilines is 1. The zero-order valence-corrected chi connectivity index (χ0v) is 15.5. The summed E-state index contributed by atoms with van der Waals surface area (Å²) in [5, 5.41) is 0. The van der Waals surface area contributed by atoms with Gasteiger partial charge in [0.25, 0.3) is 0 Å². The second kappa shape index (κ2) is 8.13. The van der Waals surface area contributed by atoms with Gasteiger partial charge in [0.1, 0.15) is 5.69 Å². The highest BCUT2D eigenvalue weighted by Gasteiger charge is 2.32. The Morgan fingerprint density at radius 2 is 1.58 bits per heavy atom. The van der Waals surface area contributed by atoms with Crippen LogP contribution in [0.25, 0.3) is 0 Å². The van der Waals surface area contributed by atoms with E-state index in [-0.39, 0.29) is 6.10 Å². The number of ether oxygens (including phenoxy) is 1. The van der Waals surface area contributed by atoms with Crippen LogP contribution in [0.3, 0.4) is 0 Å². The molecule has 0 aliphatic carbocycles. The van der Waals surface area contributed by atoms with Crippen molar-refractivity contribution in [2.24, 2.45) is 0 Å². The fraction of sp³-hybridized carbons (Fsp3) is 0.737. The molecule has 2 fully saturated rings. The normalized spacial score (nSPS) is 21.5. The summed E-state index contributed by atoms with van der Waals surface area (Å²) in [6.45, 7) is 8.24. The van der Waals surface area contributed by atoms with Crippen molar-refractivity contribution in [1.82, 2.24) is 9.88 Å². The summed E-state index contributed by atoms with van der Waals surface area (Å²) in [5.41, 5.74) is -0.0890. The Kier molecular flexibility index (Phi) is 6.07. The molecule has 0 atom stereocenters. The first-order chi connectivity index (χ1) is 12.3. The van der Waals surface area contributed by atoms with Crippen molar-refractivity contribution in [1.29, 1.82) is 0 Å². The second-order valence-corrected chi connectivity index (χ2v) is 7.55. The highest BCUT2D eigenvalue weighted by atomic mass is 19.4. The van der Waals surface area contributed by atoms with E-state index < -0.39 is 11.9 Å². The summed E-state index contributed by atoms with van der Waals surface area (Å²) in [4.78, 5) is 8.13. The van der Waals surface area contributed by atoms with Crippen molar-refractivity contribution in [3.05, 3.63) is 24.0 Å². The van der Waals surface area contributed by atoms with Crippen LogP contribution in [0.5, 0.6) is 0 Å². The molecule has 26 heavy (non-hydrogen) atoms. The number of halogens is 3. The van der Waals surface area contributed by atoms with E-state index in [4.69, 9.17) is 4.74 Å². The van der Waals surface area contributed by atoms with Crippen molar-refractivity contribution in [3.8, 4) is 0 Å². The van der Waals surface area contributed by atoms with Crippen molar-refractivity contribution in [3.63, 3.8) is 0 Å². The minimum absolute atomic E-state index is 0.254. The maximum absolute atomic E-state index is 12.6. The van der Waals surface area contributed by atoms with Crippen LogP contribution in [-0.2, 0) is 10.9 Å². The van der Waals surface area contributed by atoms with Crippen molar-refractivity contribution >= 4 is 5.69 Å². The number of piperidine rings is 2. The Balaban J connectivity index is 1.44. The highest BCUT2D eigenvalue weighted by Crippen LogP contribution is 2.29. The van der Waals surface area contributed by atoms with Crippen LogP contribution < -0.4 is 4.90 Å². The first-order valence-corrected chi connectivity index (χ1v) is 9.50. The Labute approximate surface area is 153 Å². The van der Waals surface area contributed by atoms with Gasteiger partial charge in [-0.3, -0.25) is 0 Å². The molecule has 1 aromatic rings. The van der Waals surface area contributed by atoms with Gasteiger partial charge in [0.2, 0.25) is 0 Å². The topological polar surface area (TPSA) is 28.6 Å². The Bertz CT molecular complexity index is 560. The number of alkyl halides is 3. The van der Waals surface area contributed by atoms with Gasteiger partial charge in [-0.1, -0.05) is 0 Å². The quantitative estimate of drug-likeness (QED) is 0.801. The number of pyridine rings is 1. The molecule has 2 aliphatic rings. The van der Waals surface area contributed by atoms with Gasteiger partial charge in [0.15, 0.2) is 0 Å². The van der Waals surface area contributed by atoms with Gasteiger partial charge in [-0.2, -0.15) is 13.2 Å². The molecule has 0 amide bonds. The molecule has 2 aliphatic heterocycles. The lowest BCUT2D eigenvalue weighted by molar-refractivity contribution is -0.141. The van der Waals surface area contributed by atoms with Gasteiger partial charge >= 0.3 is 6.18 Å². The molecule has 1 aromatic heterocycles. The van der Waals surface area contributed by atoms with E-state index in [1.54, 1.807) is 0 Å². The zero-order valence-electron chi connectivity index (χ0n) is 15.5. The first kappa shape index (κ1) is 19.4. The van der Waals surface area contributed by atoms with Gasteiger partial charge in [-0.15, -0.1) is 0 Å². The third kappa shape index (κ3) is 4.88. The van der Waals surface area contributed by atoms with Crippen LogP contribution in [0.15, 0.2) is 18.3 Å². The predicted octanol–water partition coefficient (Wildman–Crippen LogP) is 3.96.